The fraction of sp³-hybridized carbons (Fsp3) is 0.833. The molecule has 0 aliphatic rings. The lowest BCUT2D eigenvalue weighted by Crippen LogP contribution is -2.42. The van der Waals surface area contributed by atoms with Crippen molar-refractivity contribution in [2.45, 2.75) is 53.6 Å². The number of rotatable bonds is 4. The molecule has 0 aliphatic heterocycles. The largest absolute Gasteiger partial charge is 0.480 e. The second kappa shape index (κ2) is 4.85. The van der Waals surface area contributed by atoms with Gasteiger partial charge in [0, 0.05) is 0 Å². The maximum absolute atomic E-state index is 11.9. The molecule has 0 saturated carbocycles. The van der Waals surface area contributed by atoms with Crippen molar-refractivity contribution in [3.63, 3.8) is 0 Å². The Labute approximate surface area is 97.0 Å². The minimum Gasteiger partial charge on any atom is -0.480 e. The number of carbonyl (C=O) groups is 2. The Morgan fingerprint density at radius 3 is 1.88 bits per heavy atom. The van der Waals surface area contributed by atoms with Crippen LogP contribution in [0, 0.1) is 11.3 Å². The maximum atomic E-state index is 11.9. The zero-order valence-corrected chi connectivity index (χ0v) is 11.0. The third-order valence-corrected chi connectivity index (χ3v) is 2.14. The molecule has 0 spiro atoms. The zero-order chi connectivity index (χ0) is 13.1. The molecule has 0 heterocycles. The first-order chi connectivity index (χ1) is 6.99. The van der Waals surface area contributed by atoms with Crippen LogP contribution in [-0.2, 0) is 14.3 Å². The lowest BCUT2D eigenvalue weighted by molar-refractivity contribution is -0.176. The van der Waals surface area contributed by atoms with Crippen LogP contribution >= 0.6 is 0 Å². The van der Waals surface area contributed by atoms with Crippen LogP contribution in [0.2, 0.25) is 0 Å². The Hall–Kier alpha value is -1.06. The summed E-state index contributed by atoms with van der Waals surface area (Å²) in [6, 6.07) is 0. The quantitative estimate of drug-likeness (QED) is 0.595. The first kappa shape index (κ1) is 14.9. The predicted octanol–water partition coefficient (Wildman–Crippen LogP) is 2.47. The molecule has 0 aromatic heterocycles. The van der Waals surface area contributed by atoms with Crippen LogP contribution in [0.4, 0.5) is 0 Å². The van der Waals surface area contributed by atoms with Gasteiger partial charge in [-0.2, -0.15) is 0 Å². The van der Waals surface area contributed by atoms with Crippen molar-refractivity contribution < 1.29 is 19.4 Å². The van der Waals surface area contributed by atoms with Gasteiger partial charge in [0.2, 0.25) is 0 Å². The van der Waals surface area contributed by atoms with E-state index in [9.17, 15) is 9.59 Å². The number of ether oxygens (including phenoxy) is 1. The molecule has 0 bridgehead atoms. The normalized spacial score (nSPS) is 15.7. The van der Waals surface area contributed by atoms with Gasteiger partial charge in [0.1, 0.15) is 5.60 Å². The van der Waals surface area contributed by atoms with Gasteiger partial charge in [-0.25, -0.2) is 0 Å². The Balaban J connectivity index is 4.92. The summed E-state index contributed by atoms with van der Waals surface area (Å²) >= 11 is 0. The average molecular weight is 230 g/mol. The van der Waals surface area contributed by atoms with Crippen molar-refractivity contribution in [1.82, 2.24) is 0 Å². The lowest BCUT2D eigenvalue weighted by atomic mass is 9.82. The van der Waals surface area contributed by atoms with Crippen LogP contribution in [-0.4, -0.2) is 22.6 Å². The van der Waals surface area contributed by atoms with E-state index in [1.54, 1.807) is 20.8 Å². The van der Waals surface area contributed by atoms with E-state index in [0.717, 1.165) is 0 Å². The van der Waals surface area contributed by atoms with Gasteiger partial charge in [-0.05, 0) is 40.0 Å². The van der Waals surface area contributed by atoms with Crippen LogP contribution in [0.15, 0.2) is 0 Å². The first-order valence-corrected chi connectivity index (χ1v) is 5.46. The van der Waals surface area contributed by atoms with Gasteiger partial charge < -0.3 is 9.84 Å². The summed E-state index contributed by atoms with van der Waals surface area (Å²) in [5.74, 6) is -1.68. The van der Waals surface area contributed by atoms with E-state index in [4.69, 9.17) is 9.84 Å². The second-order valence-electron chi connectivity index (χ2n) is 5.74. The maximum Gasteiger partial charge on any atom is 0.323 e. The predicted molar refractivity (Wildman–Crippen MR) is 61.0 cm³/mol. The number of hydrogen-bond donors (Lipinski definition) is 1. The topological polar surface area (TPSA) is 63.6 Å². The van der Waals surface area contributed by atoms with Gasteiger partial charge in [-0.3, -0.25) is 9.59 Å². The smallest absolute Gasteiger partial charge is 0.323 e. The van der Waals surface area contributed by atoms with Crippen molar-refractivity contribution in [3.05, 3.63) is 0 Å². The van der Waals surface area contributed by atoms with Gasteiger partial charge in [-0.1, -0.05) is 13.8 Å². The minimum absolute atomic E-state index is 0.119. The van der Waals surface area contributed by atoms with E-state index in [1.807, 2.05) is 13.8 Å². The summed E-state index contributed by atoms with van der Waals surface area (Å²) < 4.78 is 5.15. The molecule has 1 atom stereocenters. The highest BCUT2D eigenvalue weighted by molar-refractivity contribution is 5.98. The van der Waals surface area contributed by atoms with Gasteiger partial charge in [0.15, 0.2) is 5.41 Å². The fourth-order valence-corrected chi connectivity index (χ4v) is 1.47. The van der Waals surface area contributed by atoms with Crippen molar-refractivity contribution in [3.8, 4) is 0 Å². The molecule has 0 radical (unpaired) electrons. The number of carboxylic acid groups (broad SMARTS) is 1. The van der Waals surface area contributed by atoms with Gasteiger partial charge in [0.25, 0.3) is 0 Å². The molecule has 0 unspecified atom stereocenters. The molecule has 0 rings (SSSR count). The highest BCUT2D eigenvalue weighted by atomic mass is 16.6. The Morgan fingerprint density at radius 1 is 1.19 bits per heavy atom. The summed E-state index contributed by atoms with van der Waals surface area (Å²) in [7, 11) is 0. The third-order valence-electron chi connectivity index (χ3n) is 2.14. The van der Waals surface area contributed by atoms with Gasteiger partial charge in [-0.15, -0.1) is 0 Å². The number of carbonyl (C=O) groups excluding carboxylic acids is 1. The fourth-order valence-electron chi connectivity index (χ4n) is 1.47. The van der Waals surface area contributed by atoms with Crippen molar-refractivity contribution in [2.75, 3.05) is 0 Å². The van der Waals surface area contributed by atoms with Crippen LogP contribution in [0.25, 0.3) is 0 Å². The third kappa shape index (κ3) is 4.21. The highest BCUT2D eigenvalue weighted by Gasteiger charge is 2.44. The van der Waals surface area contributed by atoms with E-state index in [1.165, 1.54) is 6.92 Å². The first-order valence-electron chi connectivity index (χ1n) is 5.46. The summed E-state index contributed by atoms with van der Waals surface area (Å²) in [6.45, 7) is 10.4. The van der Waals surface area contributed by atoms with Crippen molar-refractivity contribution in [2.24, 2.45) is 11.3 Å². The molecule has 0 aromatic rings. The summed E-state index contributed by atoms with van der Waals surface area (Å²) in [5, 5.41) is 9.15. The van der Waals surface area contributed by atoms with Gasteiger partial charge >= 0.3 is 11.9 Å². The molecule has 0 amide bonds. The van der Waals surface area contributed by atoms with E-state index in [-0.39, 0.29) is 12.3 Å². The molecule has 1 N–H and O–H groups in total. The molecular weight excluding hydrogens is 208 g/mol. The highest BCUT2D eigenvalue weighted by Crippen LogP contribution is 2.30. The molecule has 4 heteroatoms. The van der Waals surface area contributed by atoms with Crippen molar-refractivity contribution >= 4 is 11.9 Å². The molecular formula is C12H22O4. The minimum atomic E-state index is -1.46. The summed E-state index contributed by atoms with van der Waals surface area (Å²) in [4.78, 5) is 23.0. The molecule has 0 aromatic carbocycles. The standard InChI is InChI=1S/C12H22O4/c1-8(2)7-12(6,9(13)14)10(15)16-11(3,4)5/h8H,7H2,1-6H3,(H,13,14)/t12-/m1/s1. The van der Waals surface area contributed by atoms with Crippen molar-refractivity contribution in [1.29, 1.82) is 0 Å². The van der Waals surface area contributed by atoms with E-state index >= 15 is 0 Å². The van der Waals surface area contributed by atoms with E-state index in [2.05, 4.69) is 0 Å². The SMILES string of the molecule is CC(C)C[C@](C)(C(=O)O)C(=O)OC(C)(C)C. The average Bonchev–Trinajstić information content (AvgIpc) is 1.98. The zero-order valence-electron chi connectivity index (χ0n) is 11.0. The molecule has 0 saturated heterocycles. The van der Waals surface area contributed by atoms with E-state index < -0.39 is 23.0 Å². The lowest BCUT2D eigenvalue weighted by Gasteiger charge is -2.29. The van der Waals surface area contributed by atoms with Crippen LogP contribution in [0.1, 0.15) is 48.0 Å². The van der Waals surface area contributed by atoms with Crippen LogP contribution in [0.5, 0.6) is 0 Å². The Morgan fingerprint density at radius 2 is 1.62 bits per heavy atom. The van der Waals surface area contributed by atoms with Crippen LogP contribution in [0.3, 0.4) is 0 Å². The number of hydrogen-bond acceptors (Lipinski definition) is 3. The summed E-state index contributed by atoms with van der Waals surface area (Å²) in [5.41, 5.74) is -2.12. The van der Waals surface area contributed by atoms with Crippen LogP contribution < -0.4 is 0 Å². The number of carboxylic acids is 1. The summed E-state index contributed by atoms with van der Waals surface area (Å²) in [6.07, 6.45) is 0.275. The van der Waals surface area contributed by atoms with E-state index in [0.29, 0.717) is 0 Å². The Kier molecular flexibility index (Phi) is 4.53. The Bertz CT molecular complexity index is 275. The van der Waals surface area contributed by atoms with Gasteiger partial charge in [0.05, 0.1) is 0 Å². The molecule has 16 heavy (non-hydrogen) atoms. The number of esters is 1. The second-order valence-corrected chi connectivity index (χ2v) is 5.74. The molecule has 4 nitrogen and oxygen atoms in total. The number of aliphatic carboxylic acids is 1. The molecule has 0 aliphatic carbocycles. The molecule has 94 valence electrons. The molecule has 0 fully saturated rings. The monoisotopic (exact) mass is 230 g/mol.